The van der Waals surface area contributed by atoms with E-state index in [0.29, 0.717) is 11.3 Å². The maximum atomic E-state index is 14.4. The van der Waals surface area contributed by atoms with Crippen LogP contribution in [0.25, 0.3) is 0 Å². The van der Waals surface area contributed by atoms with Gasteiger partial charge < -0.3 is 19.5 Å². The van der Waals surface area contributed by atoms with Crippen molar-refractivity contribution in [3.8, 4) is 5.75 Å². The predicted molar refractivity (Wildman–Crippen MR) is 101 cm³/mol. The van der Waals surface area contributed by atoms with Gasteiger partial charge in [-0.25, -0.2) is 9.37 Å². The van der Waals surface area contributed by atoms with Crippen LogP contribution in [0.3, 0.4) is 0 Å². The lowest BCUT2D eigenvalue weighted by Crippen LogP contribution is -2.42. The van der Waals surface area contributed by atoms with E-state index in [0.717, 1.165) is 13.2 Å². The number of rotatable bonds is 3. The number of methoxy groups -OCH3 is 1. The van der Waals surface area contributed by atoms with E-state index in [1.165, 1.54) is 25.3 Å². The Morgan fingerprint density at radius 3 is 2.68 bits per heavy atom. The first-order valence-electron chi connectivity index (χ1n) is 9.38. The summed E-state index contributed by atoms with van der Waals surface area (Å²) < 4.78 is 85.3. The minimum Gasteiger partial charge on any atom is -0.493 e. The Kier molecular flexibility index (Phi) is 5.74. The highest BCUT2D eigenvalue weighted by atomic mass is 35.5. The molecule has 4 rings (SSSR count). The van der Waals surface area contributed by atoms with Gasteiger partial charge in [0.05, 0.1) is 13.7 Å². The Bertz CT molecular complexity index is 990. The van der Waals surface area contributed by atoms with Gasteiger partial charge in [-0.05, 0) is 12.1 Å². The third-order valence-electron chi connectivity index (χ3n) is 5.64. The molecule has 0 spiro atoms. The molecule has 3 heterocycles. The molecule has 11 heteroatoms. The van der Waals surface area contributed by atoms with E-state index in [1.54, 1.807) is 0 Å². The van der Waals surface area contributed by atoms with Crippen molar-refractivity contribution in [3.05, 3.63) is 52.3 Å². The van der Waals surface area contributed by atoms with E-state index in [9.17, 15) is 22.0 Å². The second-order valence-electron chi connectivity index (χ2n) is 7.47. The predicted octanol–water partition coefficient (Wildman–Crippen LogP) is 5.04. The van der Waals surface area contributed by atoms with Crippen LogP contribution < -0.4 is 10.1 Å². The summed E-state index contributed by atoms with van der Waals surface area (Å²) in [6.07, 6.45) is -7.50. The minimum atomic E-state index is -4.67. The molecule has 0 bridgehead atoms. The summed E-state index contributed by atoms with van der Waals surface area (Å²) in [6, 6.07) is 3.60. The largest absolute Gasteiger partial charge is 0.493 e. The molecular formula is C20H18ClF5N2O3. The summed E-state index contributed by atoms with van der Waals surface area (Å²) in [5, 5.41) is 3.18. The highest BCUT2D eigenvalue weighted by Crippen LogP contribution is 2.50. The van der Waals surface area contributed by atoms with Crippen LogP contribution in [0.2, 0.25) is 5.15 Å². The highest BCUT2D eigenvalue weighted by molar-refractivity contribution is 6.29. The molecule has 1 saturated heterocycles. The molecule has 1 aromatic carbocycles. The summed E-state index contributed by atoms with van der Waals surface area (Å²) in [5.41, 5.74) is 1.27. The molecule has 1 aromatic heterocycles. The fourth-order valence-corrected chi connectivity index (χ4v) is 4.39. The van der Waals surface area contributed by atoms with Gasteiger partial charge in [-0.3, -0.25) is 0 Å². The number of benzene rings is 1. The number of pyridine rings is 1. The SMILES string of the molecule is COc1c([C@@H]2[C@H](C)[C@H](C(F)(F)F)O[C@H]2C2Nc3cc(Cl)ncc3CO2)ccc(F)c1F. The zero-order valence-electron chi connectivity index (χ0n) is 16.3. The average molecular weight is 465 g/mol. The quantitative estimate of drug-likeness (QED) is 0.509. The fourth-order valence-electron chi connectivity index (χ4n) is 4.24. The monoisotopic (exact) mass is 464 g/mol. The van der Waals surface area contributed by atoms with Crippen LogP contribution in [-0.4, -0.2) is 36.7 Å². The zero-order chi connectivity index (χ0) is 22.5. The first-order chi connectivity index (χ1) is 14.6. The molecule has 2 aromatic rings. The number of ether oxygens (including phenoxy) is 3. The van der Waals surface area contributed by atoms with Crippen LogP contribution in [-0.2, 0) is 16.1 Å². The molecule has 1 unspecified atom stereocenters. The second kappa shape index (κ2) is 8.07. The number of nitrogens with zero attached hydrogens (tertiary/aromatic N) is 1. The second-order valence-corrected chi connectivity index (χ2v) is 7.86. The van der Waals surface area contributed by atoms with E-state index in [-0.39, 0.29) is 17.3 Å². The maximum absolute atomic E-state index is 14.4. The summed E-state index contributed by atoms with van der Waals surface area (Å²) in [4.78, 5) is 3.95. The smallest absolute Gasteiger partial charge is 0.414 e. The van der Waals surface area contributed by atoms with Crippen molar-refractivity contribution in [1.29, 1.82) is 0 Å². The van der Waals surface area contributed by atoms with E-state index in [1.807, 2.05) is 0 Å². The minimum absolute atomic E-state index is 0.0593. The topological polar surface area (TPSA) is 52.6 Å². The Balaban J connectivity index is 1.76. The number of hydrogen-bond donors (Lipinski definition) is 1. The average Bonchev–Trinajstić information content (AvgIpc) is 3.06. The van der Waals surface area contributed by atoms with Crippen LogP contribution in [0.15, 0.2) is 24.4 Å². The number of nitrogens with one attached hydrogen (secondary N) is 1. The van der Waals surface area contributed by atoms with Gasteiger partial charge in [0, 0.05) is 34.8 Å². The molecule has 5 nitrogen and oxygen atoms in total. The lowest BCUT2D eigenvalue weighted by atomic mass is 9.81. The van der Waals surface area contributed by atoms with Crippen molar-refractivity contribution in [2.75, 3.05) is 12.4 Å². The van der Waals surface area contributed by atoms with Crippen molar-refractivity contribution in [2.24, 2.45) is 5.92 Å². The molecular weight excluding hydrogens is 447 g/mol. The van der Waals surface area contributed by atoms with Gasteiger partial charge in [0.15, 0.2) is 23.9 Å². The summed E-state index contributed by atoms with van der Waals surface area (Å²) >= 11 is 5.92. The van der Waals surface area contributed by atoms with Crippen LogP contribution in [0.5, 0.6) is 5.75 Å². The number of hydrogen-bond acceptors (Lipinski definition) is 5. The summed E-state index contributed by atoms with van der Waals surface area (Å²) in [7, 11) is 1.12. The standard InChI is InChI=1S/C20H18ClF5N2O3/c1-8-14(10-3-4-11(22)15(23)16(10)29-2)17(31-18(8)20(24,25)26)19-28-12-5-13(21)27-6-9(12)7-30-19/h3-6,8,14,17-19,28H,7H2,1-2H3/t8-,14-,17+,18+,19?/m0/s1. The van der Waals surface area contributed by atoms with Crippen molar-refractivity contribution >= 4 is 17.3 Å². The van der Waals surface area contributed by atoms with Gasteiger partial charge in [-0.2, -0.15) is 17.6 Å². The zero-order valence-corrected chi connectivity index (χ0v) is 17.1. The van der Waals surface area contributed by atoms with E-state index < -0.39 is 53.8 Å². The van der Waals surface area contributed by atoms with E-state index in [4.69, 9.17) is 25.8 Å². The van der Waals surface area contributed by atoms with Crippen LogP contribution in [0.4, 0.5) is 27.6 Å². The molecule has 0 aliphatic carbocycles. The van der Waals surface area contributed by atoms with Crippen LogP contribution in [0.1, 0.15) is 24.0 Å². The molecule has 168 valence electrons. The molecule has 2 aliphatic rings. The van der Waals surface area contributed by atoms with E-state index in [2.05, 4.69) is 10.3 Å². The maximum Gasteiger partial charge on any atom is 0.414 e. The van der Waals surface area contributed by atoms with Crippen LogP contribution >= 0.6 is 11.6 Å². The Morgan fingerprint density at radius 2 is 2.00 bits per heavy atom. The van der Waals surface area contributed by atoms with Gasteiger partial charge in [-0.15, -0.1) is 0 Å². The summed E-state index contributed by atoms with van der Waals surface area (Å²) in [6.45, 7) is 1.41. The van der Waals surface area contributed by atoms with E-state index >= 15 is 0 Å². The van der Waals surface area contributed by atoms with Crippen molar-refractivity contribution in [2.45, 2.75) is 44.1 Å². The first-order valence-corrected chi connectivity index (χ1v) is 9.76. The third kappa shape index (κ3) is 3.92. The number of aromatic nitrogens is 1. The van der Waals surface area contributed by atoms with Gasteiger partial charge in [0.1, 0.15) is 11.3 Å². The van der Waals surface area contributed by atoms with Gasteiger partial charge in [0.2, 0.25) is 5.82 Å². The lowest BCUT2D eigenvalue weighted by Gasteiger charge is -2.34. The molecule has 1 N–H and O–H groups in total. The molecule has 0 amide bonds. The van der Waals surface area contributed by atoms with Crippen molar-refractivity contribution in [3.63, 3.8) is 0 Å². The molecule has 2 aliphatic heterocycles. The number of anilines is 1. The van der Waals surface area contributed by atoms with Crippen LogP contribution in [0, 0.1) is 17.6 Å². The first kappa shape index (κ1) is 22.0. The number of fused-ring (bicyclic) bond motifs is 1. The fraction of sp³-hybridized carbons (Fsp3) is 0.450. The van der Waals surface area contributed by atoms with Gasteiger partial charge in [-0.1, -0.05) is 24.6 Å². The summed E-state index contributed by atoms with van der Waals surface area (Å²) in [5.74, 6) is -5.04. The Labute approximate surface area is 179 Å². The normalized spacial score (nSPS) is 28.2. The lowest BCUT2D eigenvalue weighted by molar-refractivity contribution is -0.229. The molecule has 0 saturated carbocycles. The Morgan fingerprint density at radius 1 is 1.26 bits per heavy atom. The molecule has 5 atom stereocenters. The van der Waals surface area contributed by atoms with Crippen molar-refractivity contribution in [1.82, 2.24) is 4.98 Å². The van der Waals surface area contributed by atoms with Crippen molar-refractivity contribution < 1.29 is 36.2 Å². The number of alkyl halides is 3. The highest BCUT2D eigenvalue weighted by Gasteiger charge is 2.57. The third-order valence-corrected chi connectivity index (χ3v) is 5.84. The molecule has 31 heavy (non-hydrogen) atoms. The van der Waals surface area contributed by atoms with Gasteiger partial charge >= 0.3 is 6.18 Å². The molecule has 1 fully saturated rings. The Hall–Kier alpha value is -2.17. The van der Waals surface area contributed by atoms with Gasteiger partial charge in [0.25, 0.3) is 0 Å². The molecule has 0 radical (unpaired) electrons. The number of halogens is 6.